The highest BCUT2D eigenvalue weighted by molar-refractivity contribution is 8.00. The Bertz CT molecular complexity index is 1630. The molecule has 0 aliphatic carbocycles. The number of nitrogens with zero attached hydrogens (tertiary/aromatic N) is 2. The number of anilines is 2. The van der Waals surface area contributed by atoms with E-state index in [0.717, 1.165) is 38.4 Å². The van der Waals surface area contributed by atoms with Crippen LogP contribution in [-0.2, 0) is 20.9 Å². The van der Waals surface area contributed by atoms with E-state index in [0.29, 0.717) is 21.3 Å². The molecule has 0 bridgehead atoms. The standard InChI is InChI=1S/C27H20FN3O4S3/c1-14-5-2-3-6-17(14)29-19(32)13-30-26-23(38-27(30)35)20(18-7-4-12-36-18)21-22(37-26)25(34)31(24(21)33)16-10-8-15(28)9-11-16/h2-12,20-22H,13H2,1H3,(H,29,32)/t20-,21-,22+/m0/s1. The number of fused-ring (bicyclic) bond motifs is 2. The number of nitrogens with one attached hydrogen (secondary N) is 1. The number of carbonyl (C=O) groups excluding carboxylic acids is 3. The predicted octanol–water partition coefficient (Wildman–Crippen LogP) is 4.85. The maximum atomic E-state index is 13.7. The average molecular weight is 566 g/mol. The zero-order valence-corrected chi connectivity index (χ0v) is 22.4. The minimum Gasteiger partial charge on any atom is -0.324 e. The molecule has 0 spiro atoms. The summed E-state index contributed by atoms with van der Waals surface area (Å²) in [6.07, 6.45) is 0. The lowest BCUT2D eigenvalue weighted by Gasteiger charge is -2.29. The van der Waals surface area contributed by atoms with Gasteiger partial charge in [0.15, 0.2) is 0 Å². The van der Waals surface area contributed by atoms with Crippen LogP contribution >= 0.6 is 34.4 Å². The Morgan fingerprint density at radius 2 is 1.76 bits per heavy atom. The van der Waals surface area contributed by atoms with Crippen LogP contribution in [0.4, 0.5) is 15.8 Å². The Kier molecular flexibility index (Phi) is 6.29. The van der Waals surface area contributed by atoms with E-state index in [1.54, 1.807) is 6.07 Å². The molecule has 192 valence electrons. The number of thiazole rings is 1. The molecule has 3 amide bonds. The molecule has 4 aromatic rings. The van der Waals surface area contributed by atoms with E-state index in [-0.39, 0.29) is 23.2 Å². The third kappa shape index (κ3) is 4.11. The zero-order valence-electron chi connectivity index (χ0n) is 19.9. The molecular weight excluding hydrogens is 546 g/mol. The summed E-state index contributed by atoms with van der Waals surface area (Å²) in [5.41, 5.74) is 1.86. The van der Waals surface area contributed by atoms with Gasteiger partial charge in [-0.05, 0) is 54.3 Å². The van der Waals surface area contributed by atoms with Gasteiger partial charge < -0.3 is 5.32 Å². The van der Waals surface area contributed by atoms with Crippen molar-refractivity contribution in [2.45, 2.75) is 29.7 Å². The topological polar surface area (TPSA) is 88.5 Å². The number of hydrogen-bond donors (Lipinski definition) is 1. The van der Waals surface area contributed by atoms with E-state index in [4.69, 9.17) is 0 Å². The van der Waals surface area contributed by atoms with Gasteiger partial charge in [0.05, 0.1) is 16.6 Å². The molecule has 6 rings (SSSR count). The smallest absolute Gasteiger partial charge is 0.308 e. The summed E-state index contributed by atoms with van der Waals surface area (Å²) in [7, 11) is 0. The molecule has 11 heteroatoms. The van der Waals surface area contributed by atoms with Crippen LogP contribution in [0.15, 0.2) is 75.9 Å². The van der Waals surface area contributed by atoms with Gasteiger partial charge in [-0.15, -0.1) is 11.3 Å². The number of aryl methyl sites for hydroxylation is 1. The van der Waals surface area contributed by atoms with Gasteiger partial charge in [0.25, 0.3) is 0 Å². The molecular formula is C27H20FN3O4S3. The van der Waals surface area contributed by atoms with Gasteiger partial charge in [-0.25, -0.2) is 9.29 Å². The highest BCUT2D eigenvalue weighted by Gasteiger charge is 2.57. The lowest BCUT2D eigenvalue weighted by molar-refractivity contribution is -0.122. The highest BCUT2D eigenvalue weighted by atomic mass is 32.2. The van der Waals surface area contributed by atoms with Crippen molar-refractivity contribution in [2.24, 2.45) is 5.92 Å². The summed E-state index contributed by atoms with van der Waals surface area (Å²) in [4.78, 5) is 55.8. The summed E-state index contributed by atoms with van der Waals surface area (Å²) < 4.78 is 14.9. The fraction of sp³-hybridized carbons (Fsp3) is 0.185. The van der Waals surface area contributed by atoms with Gasteiger partial charge in [0.2, 0.25) is 17.7 Å². The largest absolute Gasteiger partial charge is 0.324 e. The molecule has 4 heterocycles. The second-order valence-electron chi connectivity index (χ2n) is 9.03. The van der Waals surface area contributed by atoms with E-state index in [9.17, 15) is 23.6 Å². The van der Waals surface area contributed by atoms with Crippen LogP contribution in [0.1, 0.15) is 21.2 Å². The van der Waals surface area contributed by atoms with Crippen LogP contribution in [0.3, 0.4) is 0 Å². The monoisotopic (exact) mass is 565 g/mol. The normalized spacial score (nSPS) is 20.4. The van der Waals surface area contributed by atoms with Crippen molar-refractivity contribution in [3.05, 3.63) is 96.8 Å². The lowest BCUT2D eigenvalue weighted by atomic mass is 9.87. The van der Waals surface area contributed by atoms with Crippen molar-refractivity contribution in [2.75, 3.05) is 10.2 Å². The SMILES string of the molecule is Cc1ccccc1NC(=O)Cn1c2c(sc1=O)[C@@H](c1cccs1)[C@@H]1C(=O)N(c3ccc(F)cc3)C(=O)[C@@H]1S2. The molecule has 7 nitrogen and oxygen atoms in total. The predicted molar refractivity (Wildman–Crippen MR) is 147 cm³/mol. The number of thiophene rings is 1. The first kappa shape index (κ1) is 24.8. The van der Waals surface area contributed by atoms with E-state index in [1.807, 2.05) is 42.6 Å². The first-order valence-corrected chi connectivity index (χ1v) is 14.3. The molecule has 1 fully saturated rings. The second kappa shape index (κ2) is 9.64. The van der Waals surface area contributed by atoms with Crippen LogP contribution in [0.5, 0.6) is 0 Å². The molecule has 2 aliphatic rings. The number of rotatable bonds is 5. The van der Waals surface area contributed by atoms with Gasteiger partial charge in [-0.2, -0.15) is 0 Å². The fourth-order valence-corrected chi connectivity index (χ4v) is 8.64. The number of benzene rings is 2. The van der Waals surface area contributed by atoms with Crippen molar-refractivity contribution in [3.63, 3.8) is 0 Å². The van der Waals surface area contributed by atoms with Gasteiger partial charge in [0.1, 0.15) is 17.6 Å². The molecule has 2 aliphatic heterocycles. The number of imide groups is 1. The zero-order chi connectivity index (χ0) is 26.6. The van der Waals surface area contributed by atoms with E-state index < -0.39 is 28.8 Å². The summed E-state index contributed by atoms with van der Waals surface area (Å²) >= 11 is 3.61. The number of thioether (sulfide) groups is 1. The summed E-state index contributed by atoms with van der Waals surface area (Å²) in [5.74, 6) is -2.86. The minimum absolute atomic E-state index is 0.218. The lowest BCUT2D eigenvalue weighted by Crippen LogP contribution is -2.32. The molecule has 38 heavy (non-hydrogen) atoms. The van der Waals surface area contributed by atoms with Crippen molar-refractivity contribution in [1.82, 2.24) is 4.57 Å². The third-order valence-electron chi connectivity index (χ3n) is 6.70. The van der Waals surface area contributed by atoms with Gasteiger partial charge in [0, 0.05) is 21.4 Å². The van der Waals surface area contributed by atoms with Crippen molar-refractivity contribution in [3.8, 4) is 0 Å². The Hall–Kier alpha value is -3.54. The number of carbonyl (C=O) groups is 3. The number of hydrogen-bond acceptors (Lipinski definition) is 7. The quantitative estimate of drug-likeness (QED) is 0.350. The fourth-order valence-electron chi connectivity index (χ4n) is 4.92. The Morgan fingerprint density at radius 1 is 1.00 bits per heavy atom. The molecule has 3 atom stereocenters. The Labute approximate surface area is 228 Å². The van der Waals surface area contributed by atoms with Crippen LogP contribution in [0, 0.1) is 18.7 Å². The number of amides is 3. The molecule has 0 radical (unpaired) electrons. The van der Waals surface area contributed by atoms with E-state index >= 15 is 0 Å². The number of para-hydroxylation sites is 1. The van der Waals surface area contributed by atoms with Crippen molar-refractivity contribution < 1.29 is 18.8 Å². The van der Waals surface area contributed by atoms with Crippen LogP contribution < -0.4 is 15.1 Å². The third-order valence-corrected chi connectivity index (χ3v) is 10.3. The highest BCUT2D eigenvalue weighted by Crippen LogP contribution is 2.54. The Morgan fingerprint density at radius 3 is 2.47 bits per heavy atom. The maximum absolute atomic E-state index is 13.7. The van der Waals surface area contributed by atoms with E-state index in [1.165, 1.54) is 40.2 Å². The minimum atomic E-state index is -0.785. The van der Waals surface area contributed by atoms with Crippen LogP contribution in [0.2, 0.25) is 0 Å². The first-order valence-electron chi connectivity index (χ1n) is 11.8. The Balaban J connectivity index is 1.39. The number of aromatic nitrogens is 1. The van der Waals surface area contributed by atoms with Crippen LogP contribution in [0.25, 0.3) is 0 Å². The van der Waals surface area contributed by atoms with Gasteiger partial charge >= 0.3 is 4.87 Å². The molecule has 2 aromatic heterocycles. The van der Waals surface area contributed by atoms with Crippen molar-refractivity contribution >= 4 is 63.5 Å². The summed E-state index contributed by atoms with van der Waals surface area (Å²) in [5, 5.41) is 4.49. The molecule has 1 N–H and O–H groups in total. The van der Waals surface area contributed by atoms with E-state index in [2.05, 4.69) is 5.32 Å². The molecule has 2 aromatic carbocycles. The average Bonchev–Trinajstić information content (AvgIpc) is 3.59. The molecule has 1 saturated heterocycles. The van der Waals surface area contributed by atoms with Gasteiger partial charge in [-0.1, -0.05) is 47.4 Å². The first-order chi connectivity index (χ1) is 18.3. The van der Waals surface area contributed by atoms with Crippen molar-refractivity contribution in [1.29, 1.82) is 0 Å². The summed E-state index contributed by atoms with van der Waals surface area (Å²) in [6, 6.07) is 16.4. The van der Waals surface area contributed by atoms with Gasteiger partial charge in [-0.3, -0.25) is 23.7 Å². The molecule has 0 saturated carbocycles. The number of halogens is 1. The molecule has 0 unspecified atom stereocenters. The second-order valence-corrected chi connectivity index (χ2v) is 12.1. The van der Waals surface area contributed by atoms with Crippen LogP contribution in [-0.4, -0.2) is 27.5 Å². The maximum Gasteiger partial charge on any atom is 0.308 e. The summed E-state index contributed by atoms with van der Waals surface area (Å²) in [6.45, 7) is 1.66.